The molecular weight excluding hydrogens is 260 g/mol. The molecule has 0 aliphatic carbocycles. The lowest BCUT2D eigenvalue weighted by Gasteiger charge is -2.30. The smallest absolute Gasteiger partial charge is 0.230 e. The summed E-state index contributed by atoms with van der Waals surface area (Å²) in [5.41, 5.74) is 2.45. The van der Waals surface area contributed by atoms with E-state index in [1.807, 2.05) is 11.0 Å². The minimum atomic E-state index is 0. The summed E-state index contributed by atoms with van der Waals surface area (Å²) < 4.78 is 0. The van der Waals surface area contributed by atoms with Crippen molar-refractivity contribution in [2.45, 2.75) is 32.2 Å². The number of hydrogen-bond donors (Lipinski definition) is 1. The number of nitrogens with zero attached hydrogens (tertiary/aromatic N) is 1. The largest absolute Gasteiger partial charge is 0.317 e. The van der Waals surface area contributed by atoms with E-state index in [1.54, 1.807) is 0 Å². The summed E-state index contributed by atoms with van der Waals surface area (Å²) in [5, 5.41) is 3.32. The quantitative estimate of drug-likeness (QED) is 0.857. The van der Waals surface area contributed by atoms with Crippen LogP contribution in [0.2, 0.25) is 0 Å². The zero-order valence-corrected chi connectivity index (χ0v) is 12.1. The van der Waals surface area contributed by atoms with Gasteiger partial charge in [0.1, 0.15) is 0 Å². The first-order valence-electron chi connectivity index (χ1n) is 6.89. The third-order valence-electron chi connectivity index (χ3n) is 4.13. The second kappa shape index (κ2) is 5.93. The van der Waals surface area contributed by atoms with Crippen molar-refractivity contribution in [2.75, 3.05) is 18.0 Å². The maximum atomic E-state index is 12.7. The van der Waals surface area contributed by atoms with Crippen molar-refractivity contribution in [1.29, 1.82) is 0 Å². The molecule has 0 bridgehead atoms. The molecule has 19 heavy (non-hydrogen) atoms. The fourth-order valence-electron chi connectivity index (χ4n) is 3.17. The van der Waals surface area contributed by atoms with Gasteiger partial charge in [-0.05, 0) is 50.9 Å². The summed E-state index contributed by atoms with van der Waals surface area (Å²) in [6.07, 6.45) is 2.95. The Hall–Kier alpha value is -1.06. The number of piperidine rings is 1. The molecule has 0 aromatic heterocycles. The Balaban J connectivity index is 0.00000133. The van der Waals surface area contributed by atoms with Gasteiger partial charge in [0.25, 0.3) is 0 Å². The maximum absolute atomic E-state index is 12.7. The first-order chi connectivity index (χ1) is 8.77. The molecule has 3 rings (SSSR count). The standard InChI is InChI=1S/C15H20N2O.ClH/c1-11-10-13-4-2-3-5-14(13)17(11)15(18)12-6-8-16-9-7-12;/h2-5,11-12,16H,6-10H2,1H3;1H. The number of benzene rings is 1. The van der Waals surface area contributed by atoms with E-state index in [9.17, 15) is 4.79 Å². The molecule has 1 N–H and O–H groups in total. The van der Waals surface area contributed by atoms with E-state index in [-0.39, 0.29) is 18.3 Å². The van der Waals surface area contributed by atoms with E-state index < -0.39 is 0 Å². The van der Waals surface area contributed by atoms with Crippen molar-refractivity contribution in [2.24, 2.45) is 5.92 Å². The van der Waals surface area contributed by atoms with Crippen molar-refractivity contribution in [3.05, 3.63) is 29.8 Å². The Morgan fingerprint density at radius 2 is 1.95 bits per heavy atom. The molecular formula is C15H21ClN2O. The van der Waals surface area contributed by atoms with Gasteiger partial charge in [-0.2, -0.15) is 0 Å². The molecule has 1 saturated heterocycles. The molecule has 4 heteroatoms. The summed E-state index contributed by atoms with van der Waals surface area (Å²) in [5.74, 6) is 0.536. The monoisotopic (exact) mass is 280 g/mol. The Labute approximate surface area is 120 Å². The number of fused-ring (bicyclic) bond motifs is 1. The molecule has 1 aromatic carbocycles. The summed E-state index contributed by atoms with van der Waals surface area (Å²) in [7, 11) is 0. The van der Waals surface area contributed by atoms with Crippen LogP contribution in [0.4, 0.5) is 5.69 Å². The fourth-order valence-corrected chi connectivity index (χ4v) is 3.17. The van der Waals surface area contributed by atoms with E-state index in [4.69, 9.17) is 0 Å². The molecule has 2 heterocycles. The second-order valence-electron chi connectivity index (χ2n) is 5.41. The van der Waals surface area contributed by atoms with Gasteiger partial charge in [0, 0.05) is 17.6 Å². The van der Waals surface area contributed by atoms with E-state index in [0.717, 1.165) is 38.0 Å². The number of rotatable bonds is 1. The lowest BCUT2D eigenvalue weighted by molar-refractivity contribution is -0.123. The Morgan fingerprint density at radius 1 is 1.26 bits per heavy atom. The number of amides is 1. The number of halogens is 1. The van der Waals surface area contributed by atoms with Gasteiger partial charge >= 0.3 is 0 Å². The van der Waals surface area contributed by atoms with Gasteiger partial charge in [0.15, 0.2) is 0 Å². The summed E-state index contributed by atoms with van der Waals surface area (Å²) in [6, 6.07) is 8.62. The van der Waals surface area contributed by atoms with Gasteiger partial charge in [-0.25, -0.2) is 0 Å². The highest BCUT2D eigenvalue weighted by Gasteiger charge is 2.34. The van der Waals surface area contributed by atoms with Crippen LogP contribution in [-0.4, -0.2) is 25.0 Å². The molecule has 1 amide bonds. The van der Waals surface area contributed by atoms with E-state index in [1.165, 1.54) is 5.56 Å². The summed E-state index contributed by atoms with van der Waals surface area (Å²) >= 11 is 0. The number of carbonyl (C=O) groups is 1. The van der Waals surface area contributed by atoms with Crippen LogP contribution < -0.4 is 10.2 Å². The Kier molecular flexibility index (Phi) is 4.48. The van der Waals surface area contributed by atoms with Crippen LogP contribution in [0.5, 0.6) is 0 Å². The minimum Gasteiger partial charge on any atom is -0.317 e. The van der Waals surface area contributed by atoms with Crippen molar-refractivity contribution in [1.82, 2.24) is 5.32 Å². The van der Waals surface area contributed by atoms with Gasteiger partial charge in [-0.3, -0.25) is 4.79 Å². The van der Waals surface area contributed by atoms with Crippen molar-refractivity contribution in [3.63, 3.8) is 0 Å². The van der Waals surface area contributed by atoms with Crippen molar-refractivity contribution >= 4 is 24.0 Å². The van der Waals surface area contributed by atoms with Gasteiger partial charge < -0.3 is 10.2 Å². The van der Waals surface area contributed by atoms with Crippen LogP contribution in [0.15, 0.2) is 24.3 Å². The highest BCUT2D eigenvalue weighted by atomic mass is 35.5. The topological polar surface area (TPSA) is 32.3 Å². The van der Waals surface area contributed by atoms with Crippen molar-refractivity contribution < 1.29 is 4.79 Å². The summed E-state index contributed by atoms with van der Waals surface area (Å²) in [6.45, 7) is 4.10. The molecule has 3 nitrogen and oxygen atoms in total. The normalized spacial score (nSPS) is 22.8. The molecule has 1 atom stereocenters. The average molecular weight is 281 g/mol. The molecule has 2 aliphatic rings. The number of nitrogens with one attached hydrogen (secondary N) is 1. The van der Waals surface area contributed by atoms with Gasteiger partial charge in [0.05, 0.1) is 0 Å². The van der Waals surface area contributed by atoms with E-state index in [2.05, 4.69) is 30.4 Å². The van der Waals surface area contributed by atoms with Crippen LogP contribution in [0.25, 0.3) is 0 Å². The van der Waals surface area contributed by atoms with Gasteiger partial charge in [-0.1, -0.05) is 18.2 Å². The first kappa shape index (κ1) is 14.4. The molecule has 0 saturated carbocycles. The predicted molar refractivity (Wildman–Crippen MR) is 79.9 cm³/mol. The maximum Gasteiger partial charge on any atom is 0.230 e. The average Bonchev–Trinajstić information content (AvgIpc) is 2.75. The number of carbonyl (C=O) groups excluding carboxylic acids is 1. The lowest BCUT2D eigenvalue weighted by Crippen LogP contribution is -2.43. The third-order valence-corrected chi connectivity index (χ3v) is 4.13. The highest BCUT2D eigenvalue weighted by Crippen LogP contribution is 2.34. The number of para-hydroxylation sites is 1. The lowest BCUT2D eigenvalue weighted by atomic mass is 9.96. The Bertz CT molecular complexity index is 457. The van der Waals surface area contributed by atoms with Gasteiger partial charge in [-0.15, -0.1) is 12.4 Å². The molecule has 0 radical (unpaired) electrons. The molecule has 1 aromatic rings. The zero-order valence-electron chi connectivity index (χ0n) is 11.3. The molecule has 0 spiro atoms. The van der Waals surface area contributed by atoms with Crippen LogP contribution >= 0.6 is 12.4 Å². The first-order valence-corrected chi connectivity index (χ1v) is 6.89. The van der Waals surface area contributed by atoms with E-state index >= 15 is 0 Å². The number of hydrogen-bond acceptors (Lipinski definition) is 2. The van der Waals surface area contributed by atoms with Crippen LogP contribution in [0, 0.1) is 5.92 Å². The van der Waals surface area contributed by atoms with Crippen LogP contribution in [0.1, 0.15) is 25.3 Å². The summed E-state index contributed by atoms with van der Waals surface area (Å²) in [4.78, 5) is 14.7. The fraction of sp³-hybridized carbons (Fsp3) is 0.533. The van der Waals surface area contributed by atoms with Crippen LogP contribution in [-0.2, 0) is 11.2 Å². The molecule has 1 unspecified atom stereocenters. The molecule has 104 valence electrons. The van der Waals surface area contributed by atoms with Crippen molar-refractivity contribution in [3.8, 4) is 0 Å². The molecule has 1 fully saturated rings. The Morgan fingerprint density at radius 3 is 2.68 bits per heavy atom. The highest BCUT2D eigenvalue weighted by molar-refractivity contribution is 5.97. The third kappa shape index (κ3) is 2.63. The molecule has 2 aliphatic heterocycles. The minimum absolute atomic E-state index is 0. The van der Waals surface area contributed by atoms with E-state index in [0.29, 0.717) is 11.9 Å². The van der Waals surface area contributed by atoms with Gasteiger partial charge in [0.2, 0.25) is 5.91 Å². The SMILES string of the molecule is CC1Cc2ccccc2N1C(=O)C1CCNCC1.Cl. The predicted octanol–water partition coefficient (Wildman–Crippen LogP) is 2.39. The van der Waals surface area contributed by atoms with Crippen LogP contribution in [0.3, 0.4) is 0 Å². The number of anilines is 1. The second-order valence-corrected chi connectivity index (χ2v) is 5.41. The zero-order chi connectivity index (χ0) is 12.5.